The van der Waals surface area contributed by atoms with Crippen molar-refractivity contribution in [3.63, 3.8) is 0 Å². The molecule has 0 saturated heterocycles. The number of carbonyl (C=O) groups excluding carboxylic acids is 3. The quantitative estimate of drug-likeness (QED) is 0.121. The molecule has 9 nitrogen and oxygen atoms in total. The first kappa shape index (κ1) is 28.8. The lowest BCUT2D eigenvalue weighted by Crippen LogP contribution is -2.17. The summed E-state index contributed by atoms with van der Waals surface area (Å²) in [5.41, 5.74) is 2.33. The Balaban J connectivity index is 1.33. The zero-order valence-electron chi connectivity index (χ0n) is 22.5. The van der Waals surface area contributed by atoms with Crippen molar-refractivity contribution in [3.8, 4) is 0 Å². The summed E-state index contributed by atoms with van der Waals surface area (Å²) in [5, 5.41) is 19.3. The molecule has 0 spiro atoms. The molecule has 0 unspecified atom stereocenters. The minimum atomic E-state index is -0.445. The fraction of sp³-hybridized carbons (Fsp3) is 0. The summed E-state index contributed by atoms with van der Waals surface area (Å²) in [7, 11) is 0. The summed E-state index contributed by atoms with van der Waals surface area (Å²) in [6.07, 6.45) is 0. The number of nitro benzene ring substituents is 1. The SMILES string of the molecule is O=C(Nc1cc(NC(=O)c2ccccc2)cc(C(=O)Nc2ccc(Sc3ccc([N+](=O)[O-])cc3)cc2)c1)c1ccccc1. The average molecular weight is 589 g/mol. The highest BCUT2D eigenvalue weighted by Gasteiger charge is 2.14. The number of nitrogens with one attached hydrogen (secondary N) is 3. The van der Waals surface area contributed by atoms with E-state index < -0.39 is 10.8 Å². The van der Waals surface area contributed by atoms with Crippen molar-refractivity contribution in [2.75, 3.05) is 16.0 Å². The first-order chi connectivity index (χ1) is 20.8. The fourth-order valence-electron chi connectivity index (χ4n) is 4.07. The molecule has 43 heavy (non-hydrogen) atoms. The zero-order chi connectivity index (χ0) is 30.2. The third kappa shape index (κ3) is 7.72. The molecule has 0 aromatic heterocycles. The van der Waals surface area contributed by atoms with E-state index in [1.807, 2.05) is 12.1 Å². The lowest BCUT2D eigenvalue weighted by molar-refractivity contribution is -0.384. The molecule has 3 N–H and O–H groups in total. The van der Waals surface area contributed by atoms with Crippen LogP contribution in [0.5, 0.6) is 0 Å². The smallest absolute Gasteiger partial charge is 0.269 e. The molecule has 0 aliphatic carbocycles. The van der Waals surface area contributed by atoms with Crippen molar-refractivity contribution in [1.29, 1.82) is 0 Å². The Morgan fingerprint density at radius 3 is 1.40 bits per heavy atom. The third-order valence-electron chi connectivity index (χ3n) is 6.18. The lowest BCUT2D eigenvalue weighted by Gasteiger charge is -2.13. The van der Waals surface area contributed by atoms with E-state index in [0.717, 1.165) is 9.79 Å². The number of anilines is 3. The van der Waals surface area contributed by atoms with E-state index in [4.69, 9.17) is 0 Å². The highest BCUT2D eigenvalue weighted by molar-refractivity contribution is 7.99. The van der Waals surface area contributed by atoms with Gasteiger partial charge in [-0.2, -0.15) is 0 Å². The van der Waals surface area contributed by atoms with Crippen LogP contribution >= 0.6 is 11.8 Å². The van der Waals surface area contributed by atoms with Crippen molar-refractivity contribution in [2.24, 2.45) is 0 Å². The molecule has 10 heteroatoms. The van der Waals surface area contributed by atoms with Crippen LogP contribution in [-0.2, 0) is 0 Å². The molecule has 5 aromatic carbocycles. The van der Waals surface area contributed by atoms with E-state index in [1.54, 1.807) is 91.0 Å². The molecule has 3 amide bonds. The van der Waals surface area contributed by atoms with Gasteiger partial charge in [0.25, 0.3) is 23.4 Å². The van der Waals surface area contributed by atoms with Gasteiger partial charge in [0.2, 0.25) is 0 Å². The first-order valence-electron chi connectivity index (χ1n) is 13.1. The molecule has 0 saturated carbocycles. The van der Waals surface area contributed by atoms with Crippen LogP contribution < -0.4 is 16.0 Å². The number of carbonyl (C=O) groups is 3. The molecule has 0 aliphatic heterocycles. The molecule has 0 heterocycles. The summed E-state index contributed by atoms with van der Waals surface area (Å²) in [6.45, 7) is 0. The number of non-ortho nitro benzene ring substituents is 1. The monoisotopic (exact) mass is 588 g/mol. The molecule has 0 aliphatic rings. The number of hydrogen-bond donors (Lipinski definition) is 3. The van der Waals surface area contributed by atoms with Gasteiger partial charge < -0.3 is 16.0 Å². The van der Waals surface area contributed by atoms with Crippen molar-refractivity contribution in [1.82, 2.24) is 0 Å². The van der Waals surface area contributed by atoms with Crippen LogP contribution in [0.1, 0.15) is 31.1 Å². The van der Waals surface area contributed by atoms with Crippen LogP contribution in [0.2, 0.25) is 0 Å². The van der Waals surface area contributed by atoms with Crippen LogP contribution in [0.25, 0.3) is 0 Å². The van der Waals surface area contributed by atoms with Crippen molar-refractivity contribution in [3.05, 3.63) is 154 Å². The number of benzene rings is 5. The second-order valence-electron chi connectivity index (χ2n) is 9.27. The molecule has 0 bridgehead atoms. The molecule has 0 atom stereocenters. The van der Waals surface area contributed by atoms with E-state index in [2.05, 4.69) is 16.0 Å². The first-order valence-corrected chi connectivity index (χ1v) is 13.9. The molecule has 0 radical (unpaired) electrons. The van der Waals surface area contributed by atoms with Crippen LogP contribution in [0.4, 0.5) is 22.7 Å². The maximum atomic E-state index is 13.3. The summed E-state index contributed by atoms with van der Waals surface area (Å²) in [4.78, 5) is 51.1. The standard InChI is InChI=1S/C33H24N4O5S/c38-31(22-7-3-1-4-8-22)35-26-19-24(20-27(21-26)36-32(39)23-9-5-2-6-10-23)33(40)34-25-11-15-29(16-12-25)43-30-17-13-28(14-18-30)37(41)42/h1-21H,(H,34,40)(H,35,38)(H,36,39). The molecule has 0 fully saturated rings. The van der Waals surface area contributed by atoms with Gasteiger partial charge in [-0.15, -0.1) is 0 Å². The van der Waals surface area contributed by atoms with Gasteiger partial charge in [0, 0.05) is 55.7 Å². The van der Waals surface area contributed by atoms with Gasteiger partial charge in [-0.3, -0.25) is 24.5 Å². The molecular weight excluding hydrogens is 564 g/mol. The van der Waals surface area contributed by atoms with E-state index in [-0.39, 0.29) is 23.1 Å². The predicted octanol–water partition coefficient (Wildman–Crippen LogP) is 7.50. The van der Waals surface area contributed by atoms with Gasteiger partial charge in [0.05, 0.1) is 4.92 Å². The second-order valence-corrected chi connectivity index (χ2v) is 10.4. The Kier molecular flexibility index (Phi) is 8.89. The zero-order valence-corrected chi connectivity index (χ0v) is 23.3. The average Bonchev–Trinajstić information content (AvgIpc) is 3.03. The van der Waals surface area contributed by atoms with E-state index in [0.29, 0.717) is 28.2 Å². The highest BCUT2D eigenvalue weighted by atomic mass is 32.2. The Bertz CT molecular complexity index is 1710. The van der Waals surface area contributed by atoms with Gasteiger partial charge in [-0.25, -0.2) is 0 Å². The maximum absolute atomic E-state index is 13.3. The lowest BCUT2D eigenvalue weighted by atomic mass is 10.1. The number of hydrogen-bond acceptors (Lipinski definition) is 6. The topological polar surface area (TPSA) is 130 Å². The van der Waals surface area contributed by atoms with E-state index >= 15 is 0 Å². The molecule has 5 aromatic rings. The predicted molar refractivity (Wildman–Crippen MR) is 167 cm³/mol. The van der Waals surface area contributed by atoms with Crippen molar-refractivity contribution < 1.29 is 19.3 Å². The van der Waals surface area contributed by atoms with Gasteiger partial charge in [-0.05, 0) is 78.9 Å². The van der Waals surface area contributed by atoms with Crippen LogP contribution in [0.3, 0.4) is 0 Å². The Labute approximate surface area is 251 Å². The van der Waals surface area contributed by atoms with Crippen LogP contribution in [0, 0.1) is 10.1 Å². The second kappa shape index (κ2) is 13.3. The summed E-state index contributed by atoms with van der Waals surface area (Å²) in [6, 6.07) is 35.3. The molecular formula is C33H24N4O5S. The van der Waals surface area contributed by atoms with Gasteiger partial charge in [0.15, 0.2) is 0 Å². The number of amides is 3. The Hall–Kier alpha value is -5.74. The summed E-state index contributed by atoms with van der Waals surface area (Å²) in [5.74, 6) is -1.17. The number of nitro groups is 1. The van der Waals surface area contributed by atoms with Crippen LogP contribution in [0.15, 0.2) is 137 Å². The van der Waals surface area contributed by atoms with E-state index in [1.165, 1.54) is 36.0 Å². The largest absolute Gasteiger partial charge is 0.322 e. The normalized spacial score (nSPS) is 10.4. The minimum absolute atomic E-state index is 0.0221. The van der Waals surface area contributed by atoms with Crippen LogP contribution in [-0.4, -0.2) is 22.6 Å². The Morgan fingerprint density at radius 1 is 0.512 bits per heavy atom. The minimum Gasteiger partial charge on any atom is -0.322 e. The Morgan fingerprint density at radius 2 is 0.930 bits per heavy atom. The van der Waals surface area contributed by atoms with Crippen molar-refractivity contribution in [2.45, 2.75) is 9.79 Å². The van der Waals surface area contributed by atoms with Gasteiger partial charge in [-0.1, -0.05) is 48.2 Å². The van der Waals surface area contributed by atoms with Gasteiger partial charge >= 0.3 is 0 Å². The summed E-state index contributed by atoms with van der Waals surface area (Å²) >= 11 is 1.43. The third-order valence-corrected chi connectivity index (χ3v) is 7.19. The fourth-order valence-corrected chi connectivity index (χ4v) is 4.89. The molecule has 5 rings (SSSR count). The number of rotatable bonds is 9. The van der Waals surface area contributed by atoms with Crippen molar-refractivity contribution >= 4 is 52.2 Å². The molecule has 212 valence electrons. The number of nitrogens with zero attached hydrogens (tertiary/aromatic N) is 1. The van der Waals surface area contributed by atoms with E-state index in [9.17, 15) is 24.5 Å². The summed E-state index contributed by atoms with van der Waals surface area (Å²) < 4.78 is 0. The highest BCUT2D eigenvalue weighted by Crippen LogP contribution is 2.30. The maximum Gasteiger partial charge on any atom is 0.269 e. The van der Waals surface area contributed by atoms with Gasteiger partial charge in [0.1, 0.15) is 0 Å².